The van der Waals surface area contributed by atoms with Gasteiger partial charge in [-0.25, -0.2) is 9.97 Å². The van der Waals surface area contributed by atoms with Gasteiger partial charge in [-0.1, -0.05) is 75.2 Å². The Bertz CT molecular complexity index is 717. The molecule has 0 bridgehead atoms. The summed E-state index contributed by atoms with van der Waals surface area (Å²) in [6.45, 7) is 4.45. The van der Waals surface area contributed by atoms with Crippen molar-refractivity contribution in [3.05, 3.63) is 72.1 Å². The number of aryl methyl sites for hydroxylation is 2. The fourth-order valence-electron chi connectivity index (χ4n) is 3.07. The van der Waals surface area contributed by atoms with Crippen LogP contribution in [0.15, 0.2) is 60.9 Å². The second-order valence-corrected chi connectivity index (χ2v) is 6.90. The van der Waals surface area contributed by atoms with Gasteiger partial charge < -0.3 is 0 Å². The van der Waals surface area contributed by atoms with E-state index in [2.05, 4.69) is 72.3 Å². The minimum Gasteiger partial charge on any atom is -0.236 e. The van der Waals surface area contributed by atoms with E-state index < -0.39 is 0 Å². The summed E-state index contributed by atoms with van der Waals surface area (Å²) in [6.07, 6.45) is 11.1. The molecule has 0 spiro atoms. The molecule has 0 radical (unpaired) electrons. The Kier molecular flexibility index (Phi) is 6.54. The van der Waals surface area contributed by atoms with Gasteiger partial charge in [-0.3, -0.25) is 0 Å². The third kappa shape index (κ3) is 4.78. The molecule has 0 atom stereocenters. The summed E-state index contributed by atoms with van der Waals surface area (Å²) in [5.41, 5.74) is 6.10. The van der Waals surface area contributed by atoms with Crippen molar-refractivity contribution in [3.8, 4) is 22.5 Å². The van der Waals surface area contributed by atoms with Crippen LogP contribution in [0.5, 0.6) is 0 Å². The van der Waals surface area contributed by atoms with Crippen molar-refractivity contribution in [1.82, 2.24) is 9.97 Å². The zero-order chi connectivity index (χ0) is 18.2. The van der Waals surface area contributed by atoms with E-state index in [4.69, 9.17) is 0 Å². The topological polar surface area (TPSA) is 25.8 Å². The Balaban J connectivity index is 1.69. The van der Waals surface area contributed by atoms with Gasteiger partial charge in [-0.05, 0) is 42.4 Å². The van der Waals surface area contributed by atoms with Gasteiger partial charge in [0.05, 0.1) is 0 Å². The smallest absolute Gasteiger partial charge is 0.159 e. The first kappa shape index (κ1) is 18.3. The van der Waals surface area contributed by atoms with E-state index in [1.807, 2.05) is 12.4 Å². The second-order valence-electron chi connectivity index (χ2n) is 6.90. The van der Waals surface area contributed by atoms with Gasteiger partial charge in [0.1, 0.15) is 0 Å². The lowest BCUT2D eigenvalue weighted by molar-refractivity contribution is 0.795. The Morgan fingerprint density at radius 1 is 0.577 bits per heavy atom. The van der Waals surface area contributed by atoms with Crippen LogP contribution in [0.1, 0.15) is 50.7 Å². The summed E-state index contributed by atoms with van der Waals surface area (Å²) in [7, 11) is 0. The summed E-state index contributed by atoms with van der Waals surface area (Å²) in [5.74, 6) is 0.787. The quantitative estimate of drug-likeness (QED) is 0.466. The monoisotopic (exact) mass is 344 g/mol. The largest absolute Gasteiger partial charge is 0.236 e. The number of hydrogen-bond donors (Lipinski definition) is 0. The summed E-state index contributed by atoms with van der Waals surface area (Å²) >= 11 is 0. The molecule has 0 aliphatic heterocycles. The van der Waals surface area contributed by atoms with Gasteiger partial charge in [-0.2, -0.15) is 0 Å². The summed E-state index contributed by atoms with van der Waals surface area (Å²) < 4.78 is 0. The molecular formula is C24H28N2. The van der Waals surface area contributed by atoms with Gasteiger partial charge in [0, 0.05) is 23.5 Å². The molecule has 0 fully saturated rings. The molecule has 1 heterocycles. The lowest BCUT2D eigenvalue weighted by Crippen LogP contribution is -1.91. The van der Waals surface area contributed by atoms with E-state index in [1.165, 1.54) is 42.4 Å². The van der Waals surface area contributed by atoms with Crippen LogP contribution in [0.4, 0.5) is 0 Å². The maximum absolute atomic E-state index is 4.58. The van der Waals surface area contributed by atoms with Crippen molar-refractivity contribution in [2.24, 2.45) is 0 Å². The molecule has 26 heavy (non-hydrogen) atoms. The Hall–Kier alpha value is -2.48. The van der Waals surface area contributed by atoms with Crippen LogP contribution in [0.2, 0.25) is 0 Å². The lowest BCUT2D eigenvalue weighted by Gasteiger charge is -2.06. The molecule has 0 unspecified atom stereocenters. The third-order valence-electron chi connectivity index (χ3n) is 4.79. The van der Waals surface area contributed by atoms with Crippen LogP contribution in [-0.2, 0) is 12.8 Å². The molecule has 0 N–H and O–H groups in total. The molecule has 0 aliphatic carbocycles. The minimum atomic E-state index is 0.787. The summed E-state index contributed by atoms with van der Waals surface area (Å²) in [5, 5.41) is 0. The Labute approximate surface area is 157 Å². The predicted molar refractivity (Wildman–Crippen MR) is 110 cm³/mol. The molecule has 0 saturated carbocycles. The van der Waals surface area contributed by atoms with Crippen LogP contribution in [-0.4, -0.2) is 9.97 Å². The zero-order valence-electron chi connectivity index (χ0n) is 15.9. The van der Waals surface area contributed by atoms with E-state index in [1.54, 1.807) is 0 Å². The van der Waals surface area contributed by atoms with Crippen molar-refractivity contribution in [2.45, 2.75) is 52.4 Å². The molecule has 1 aromatic heterocycles. The molecule has 0 saturated heterocycles. The van der Waals surface area contributed by atoms with Crippen molar-refractivity contribution in [3.63, 3.8) is 0 Å². The fourth-order valence-corrected chi connectivity index (χ4v) is 3.07. The average Bonchev–Trinajstić information content (AvgIpc) is 2.72. The fraction of sp³-hybridized carbons (Fsp3) is 0.333. The number of nitrogens with zero attached hydrogens (tertiary/aromatic N) is 2. The van der Waals surface area contributed by atoms with Crippen LogP contribution >= 0.6 is 0 Å². The Morgan fingerprint density at radius 2 is 1.04 bits per heavy atom. The van der Waals surface area contributed by atoms with Crippen molar-refractivity contribution in [2.75, 3.05) is 0 Å². The first-order chi connectivity index (χ1) is 12.8. The normalized spacial score (nSPS) is 10.8. The van der Waals surface area contributed by atoms with Crippen LogP contribution < -0.4 is 0 Å². The molecule has 2 nitrogen and oxygen atoms in total. The average molecular weight is 345 g/mol. The van der Waals surface area contributed by atoms with Crippen LogP contribution in [0, 0.1) is 0 Å². The maximum Gasteiger partial charge on any atom is 0.159 e. The predicted octanol–water partition coefficient (Wildman–Crippen LogP) is 6.50. The zero-order valence-corrected chi connectivity index (χ0v) is 15.9. The number of hydrogen-bond acceptors (Lipinski definition) is 2. The highest BCUT2D eigenvalue weighted by atomic mass is 14.9. The molecule has 2 aromatic carbocycles. The van der Waals surface area contributed by atoms with Crippen molar-refractivity contribution >= 4 is 0 Å². The maximum atomic E-state index is 4.58. The minimum absolute atomic E-state index is 0.787. The van der Waals surface area contributed by atoms with Gasteiger partial charge in [0.25, 0.3) is 0 Å². The van der Waals surface area contributed by atoms with Gasteiger partial charge in [-0.15, -0.1) is 0 Å². The Morgan fingerprint density at radius 3 is 1.50 bits per heavy atom. The van der Waals surface area contributed by atoms with Crippen LogP contribution in [0.25, 0.3) is 22.5 Å². The first-order valence-corrected chi connectivity index (χ1v) is 9.81. The van der Waals surface area contributed by atoms with E-state index in [0.717, 1.165) is 29.8 Å². The SMILES string of the molecule is CCCCc1ccc(-c2cnc(-c3ccc(CCCC)cc3)nc2)cc1. The molecule has 2 heteroatoms. The van der Waals surface area contributed by atoms with E-state index in [-0.39, 0.29) is 0 Å². The highest BCUT2D eigenvalue weighted by Crippen LogP contribution is 2.22. The van der Waals surface area contributed by atoms with Gasteiger partial charge in [0.2, 0.25) is 0 Å². The molecule has 0 aliphatic rings. The van der Waals surface area contributed by atoms with Crippen molar-refractivity contribution in [1.29, 1.82) is 0 Å². The van der Waals surface area contributed by atoms with E-state index in [9.17, 15) is 0 Å². The standard InChI is InChI=1S/C24H28N2/c1-3-5-7-19-9-13-21(14-10-19)23-17-25-24(26-18-23)22-15-11-20(12-16-22)8-6-4-2/h9-18H,3-8H2,1-2H3. The number of unbranched alkanes of at least 4 members (excludes halogenated alkanes) is 2. The molecule has 3 aromatic rings. The van der Waals surface area contributed by atoms with Crippen LogP contribution in [0.3, 0.4) is 0 Å². The molecule has 0 amide bonds. The number of aromatic nitrogens is 2. The second kappa shape index (κ2) is 9.28. The molecular weight excluding hydrogens is 316 g/mol. The van der Waals surface area contributed by atoms with Gasteiger partial charge in [0.15, 0.2) is 5.82 Å². The van der Waals surface area contributed by atoms with E-state index >= 15 is 0 Å². The number of benzene rings is 2. The summed E-state index contributed by atoms with van der Waals surface area (Å²) in [6, 6.07) is 17.4. The summed E-state index contributed by atoms with van der Waals surface area (Å²) in [4.78, 5) is 9.16. The van der Waals surface area contributed by atoms with Crippen molar-refractivity contribution < 1.29 is 0 Å². The highest BCUT2D eigenvalue weighted by molar-refractivity contribution is 5.64. The number of rotatable bonds is 8. The third-order valence-corrected chi connectivity index (χ3v) is 4.79. The highest BCUT2D eigenvalue weighted by Gasteiger charge is 2.04. The lowest BCUT2D eigenvalue weighted by atomic mass is 10.0. The molecule has 134 valence electrons. The molecule has 3 rings (SSSR count). The van der Waals surface area contributed by atoms with Gasteiger partial charge >= 0.3 is 0 Å². The van der Waals surface area contributed by atoms with E-state index in [0.29, 0.717) is 0 Å². The first-order valence-electron chi connectivity index (χ1n) is 9.81.